The number of aliphatic hydroxyl groups is 3. The molecule has 1 fully saturated rings. The molecule has 1 aliphatic rings. The van der Waals surface area contributed by atoms with E-state index in [0.717, 1.165) is 10.9 Å². The minimum Gasteiger partial charge on any atom is -0.393 e. The Hall–Kier alpha value is -2.08. The number of aromatic amines is 1. The van der Waals surface area contributed by atoms with E-state index in [0.29, 0.717) is 0 Å². The highest BCUT2D eigenvalue weighted by atomic mass is 19.1. The lowest BCUT2D eigenvalue weighted by Gasteiger charge is -2.29. The first-order chi connectivity index (χ1) is 10.8. The maximum absolute atomic E-state index is 13.3. The topological polar surface area (TPSA) is 160 Å². The van der Waals surface area contributed by atoms with Crippen molar-refractivity contribution in [2.45, 2.75) is 30.5 Å². The van der Waals surface area contributed by atoms with Crippen LogP contribution in [0.25, 0.3) is 11.2 Å². The highest BCUT2D eigenvalue weighted by molar-refractivity contribution is 5.70. The van der Waals surface area contributed by atoms with Gasteiger partial charge in [-0.25, -0.2) is 9.37 Å². The van der Waals surface area contributed by atoms with Crippen molar-refractivity contribution in [1.29, 1.82) is 0 Å². The number of nitrogens with one attached hydrogen (secondary N) is 1. The molecule has 3 heterocycles. The average molecular weight is 329 g/mol. The summed E-state index contributed by atoms with van der Waals surface area (Å²) in [4.78, 5) is 21.8. The number of aromatic nitrogens is 4. The molecular formula is C12H16FN5O5. The Morgan fingerprint density at radius 1 is 1.61 bits per heavy atom. The molecule has 0 spiro atoms. The van der Waals surface area contributed by atoms with Crippen LogP contribution in [0.4, 0.5) is 10.3 Å². The van der Waals surface area contributed by atoms with E-state index in [-0.39, 0.29) is 17.1 Å². The van der Waals surface area contributed by atoms with Crippen LogP contribution in [0.5, 0.6) is 0 Å². The van der Waals surface area contributed by atoms with Crippen LogP contribution in [0.15, 0.2) is 11.1 Å². The summed E-state index contributed by atoms with van der Waals surface area (Å²) >= 11 is 0. The summed E-state index contributed by atoms with van der Waals surface area (Å²) < 4.78 is 19.9. The first kappa shape index (κ1) is 15.8. The normalized spacial score (nSPS) is 34.3. The van der Waals surface area contributed by atoms with Crippen LogP contribution >= 0.6 is 0 Å². The lowest BCUT2D eigenvalue weighted by Crippen LogP contribution is -2.52. The molecule has 2 aromatic heterocycles. The molecule has 0 aliphatic carbocycles. The van der Waals surface area contributed by atoms with Crippen molar-refractivity contribution in [2.75, 3.05) is 19.0 Å². The van der Waals surface area contributed by atoms with Gasteiger partial charge >= 0.3 is 0 Å². The number of H-pyrrole nitrogens is 1. The molecule has 0 unspecified atom stereocenters. The van der Waals surface area contributed by atoms with E-state index in [1.54, 1.807) is 0 Å². The smallest absolute Gasteiger partial charge is 0.280 e. The van der Waals surface area contributed by atoms with Crippen LogP contribution in [0, 0.1) is 0 Å². The lowest BCUT2D eigenvalue weighted by atomic mass is 9.88. The van der Waals surface area contributed by atoms with Gasteiger partial charge in [0.2, 0.25) is 5.95 Å². The molecule has 0 bridgehead atoms. The van der Waals surface area contributed by atoms with Gasteiger partial charge < -0.3 is 25.8 Å². The highest BCUT2D eigenvalue weighted by Crippen LogP contribution is 2.45. The minimum atomic E-state index is -1.99. The number of rotatable bonds is 3. The van der Waals surface area contributed by atoms with E-state index < -0.39 is 42.4 Å². The number of ether oxygens (including phenoxy) is 1. The van der Waals surface area contributed by atoms with Crippen LogP contribution in [-0.2, 0) is 4.74 Å². The van der Waals surface area contributed by atoms with Gasteiger partial charge in [-0.05, 0) is 6.92 Å². The van der Waals surface area contributed by atoms with E-state index in [1.807, 2.05) is 0 Å². The van der Waals surface area contributed by atoms with Gasteiger partial charge in [0, 0.05) is 0 Å². The number of nitrogen functional groups attached to an aromatic ring is 1. The number of hydrogen-bond donors (Lipinski definition) is 5. The third kappa shape index (κ3) is 2.05. The quantitative estimate of drug-likeness (QED) is 0.434. The number of imidazole rings is 1. The zero-order chi connectivity index (χ0) is 17.0. The molecule has 1 aliphatic heterocycles. The molecule has 3 rings (SSSR count). The van der Waals surface area contributed by atoms with Crippen molar-refractivity contribution in [3.63, 3.8) is 0 Å². The standard InChI is InChI=1S/C12H16FN5O5/c1-11(22)8(21)12(2-13,3-19)23-9(11)18-4-15-5-6(18)16-10(14)17-7(5)20/h4,8-9,19,21-22H,2-3H2,1H3,(H3,14,16,17,20)/t8-,9+,11+,12+/m0/s1. The Labute approximate surface area is 128 Å². The van der Waals surface area contributed by atoms with E-state index in [1.165, 1.54) is 6.92 Å². The largest absolute Gasteiger partial charge is 0.393 e. The Bertz CT molecular complexity index is 799. The summed E-state index contributed by atoms with van der Waals surface area (Å²) in [5.74, 6) is -0.179. The number of nitrogens with zero attached hydrogens (tertiary/aromatic N) is 3. The zero-order valence-corrected chi connectivity index (χ0v) is 12.1. The fraction of sp³-hybridized carbons (Fsp3) is 0.583. The van der Waals surface area contributed by atoms with Gasteiger partial charge in [0.15, 0.2) is 23.0 Å². The predicted octanol–water partition coefficient (Wildman–Crippen LogP) is -1.96. The second-order valence-corrected chi connectivity index (χ2v) is 5.73. The summed E-state index contributed by atoms with van der Waals surface area (Å²) in [6, 6.07) is 0. The molecule has 1 saturated heterocycles. The number of fused-ring (bicyclic) bond motifs is 1. The van der Waals surface area contributed by atoms with Gasteiger partial charge in [0.05, 0.1) is 12.9 Å². The average Bonchev–Trinajstić information content (AvgIpc) is 2.99. The van der Waals surface area contributed by atoms with Gasteiger partial charge in [-0.2, -0.15) is 4.98 Å². The molecule has 2 aromatic rings. The zero-order valence-electron chi connectivity index (χ0n) is 12.1. The maximum atomic E-state index is 13.3. The molecule has 23 heavy (non-hydrogen) atoms. The fourth-order valence-electron chi connectivity index (χ4n) is 2.80. The predicted molar refractivity (Wildman–Crippen MR) is 75.1 cm³/mol. The van der Waals surface area contributed by atoms with Gasteiger partial charge in [-0.1, -0.05) is 0 Å². The number of hydrogen-bond acceptors (Lipinski definition) is 8. The molecule has 0 saturated carbocycles. The van der Waals surface area contributed by atoms with Crippen LogP contribution in [-0.4, -0.2) is 65.4 Å². The Morgan fingerprint density at radius 3 is 2.87 bits per heavy atom. The monoisotopic (exact) mass is 329 g/mol. The Morgan fingerprint density at radius 2 is 2.30 bits per heavy atom. The summed E-state index contributed by atoms with van der Waals surface area (Å²) in [5.41, 5.74) is 0.874. The summed E-state index contributed by atoms with van der Waals surface area (Å²) in [5, 5.41) is 30.1. The fourth-order valence-corrected chi connectivity index (χ4v) is 2.80. The third-order valence-electron chi connectivity index (χ3n) is 4.10. The summed E-state index contributed by atoms with van der Waals surface area (Å²) in [6.07, 6.45) is -1.89. The minimum absolute atomic E-state index is 0.00340. The van der Waals surface area contributed by atoms with Crippen LogP contribution in [0.2, 0.25) is 0 Å². The lowest BCUT2D eigenvalue weighted by molar-refractivity contribution is -0.137. The van der Waals surface area contributed by atoms with Crippen molar-refractivity contribution in [2.24, 2.45) is 0 Å². The van der Waals surface area contributed by atoms with Crippen molar-refractivity contribution in [3.05, 3.63) is 16.7 Å². The van der Waals surface area contributed by atoms with Crippen molar-refractivity contribution in [3.8, 4) is 0 Å². The molecule has 11 heteroatoms. The van der Waals surface area contributed by atoms with Crippen LogP contribution < -0.4 is 11.3 Å². The second kappa shape index (κ2) is 4.96. The van der Waals surface area contributed by atoms with Crippen LogP contribution in [0.1, 0.15) is 13.2 Å². The van der Waals surface area contributed by atoms with Gasteiger partial charge in [-0.15, -0.1) is 0 Å². The molecular weight excluding hydrogens is 313 g/mol. The van der Waals surface area contributed by atoms with Gasteiger partial charge in [-0.3, -0.25) is 14.3 Å². The van der Waals surface area contributed by atoms with Gasteiger partial charge in [0.25, 0.3) is 5.56 Å². The van der Waals surface area contributed by atoms with E-state index >= 15 is 0 Å². The first-order valence-electron chi connectivity index (χ1n) is 6.74. The van der Waals surface area contributed by atoms with Crippen LogP contribution in [0.3, 0.4) is 0 Å². The first-order valence-corrected chi connectivity index (χ1v) is 6.74. The van der Waals surface area contributed by atoms with Crippen molar-refractivity contribution < 1.29 is 24.4 Å². The molecule has 10 nitrogen and oxygen atoms in total. The van der Waals surface area contributed by atoms with E-state index in [9.17, 15) is 24.5 Å². The van der Waals surface area contributed by atoms with Gasteiger partial charge in [0.1, 0.15) is 18.4 Å². The third-order valence-corrected chi connectivity index (χ3v) is 4.10. The number of halogens is 1. The number of aliphatic hydroxyl groups excluding tert-OH is 2. The summed E-state index contributed by atoms with van der Waals surface area (Å²) in [6.45, 7) is -0.849. The highest BCUT2D eigenvalue weighted by Gasteiger charge is 2.62. The maximum Gasteiger partial charge on any atom is 0.280 e. The molecule has 126 valence electrons. The van der Waals surface area contributed by atoms with E-state index in [2.05, 4.69) is 15.0 Å². The number of nitrogens with two attached hydrogens (primary N) is 1. The number of anilines is 1. The SMILES string of the molecule is C[C@@]1(O)[C@H](O)[C@](CO)(CF)O[C@H]1n1cnc2c(=O)[nH]c(N)nc21. The number of alkyl halides is 1. The van der Waals surface area contributed by atoms with Crippen molar-refractivity contribution >= 4 is 17.1 Å². The Kier molecular flexibility index (Phi) is 3.41. The summed E-state index contributed by atoms with van der Waals surface area (Å²) in [7, 11) is 0. The Balaban J connectivity index is 2.17. The molecule has 0 aromatic carbocycles. The molecule has 0 radical (unpaired) electrons. The van der Waals surface area contributed by atoms with Crippen molar-refractivity contribution in [1.82, 2.24) is 19.5 Å². The molecule has 0 amide bonds. The van der Waals surface area contributed by atoms with E-state index in [4.69, 9.17) is 10.5 Å². The molecule has 6 N–H and O–H groups in total. The second-order valence-electron chi connectivity index (χ2n) is 5.73. The molecule has 4 atom stereocenters.